The normalized spacial score (nSPS) is 28.9. The molecule has 1 aliphatic rings. The molecule has 0 amide bonds. The van der Waals surface area contributed by atoms with Crippen LogP contribution < -0.4 is 11.2 Å². The average molecular weight is 334 g/mol. The van der Waals surface area contributed by atoms with E-state index >= 15 is 0 Å². The molecule has 0 radical (unpaired) electrons. The molecule has 1 aromatic heterocycles. The molecule has 0 spiro atoms. The Kier molecular flexibility index (Phi) is 4.30. The van der Waals surface area contributed by atoms with Crippen LogP contribution >= 0.6 is 0 Å². The minimum Gasteiger partial charge on any atom is -0.387 e. The van der Waals surface area contributed by atoms with Crippen molar-refractivity contribution in [2.24, 2.45) is 0 Å². The molecule has 10 heteroatoms. The highest BCUT2D eigenvalue weighted by molar-refractivity contribution is 7.85. The molecule has 9 nitrogen and oxygen atoms in total. The number of nitrogens with zero attached hydrogens (tertiary/aromatic N) is 1. The highest BCUT2D eigenvalue weighted by Gasteiger charge is 2.45. The highest BCUT2D eigenvalue weighted by Crippen LogP contribution is 2.36. The topological polar surface area (TPSA) is 128 Å². The first kappa shape index (κ1) is 16.9. The van der Waals surface area contributed by atoms with E-state index in [1.54, 1.807) is 0 Å². The lowest BCUT2D eigenvalue weighted by Gasteiger charge is -2.22. The van der Waals surface area contributed by atoms with E-state index in [9.17, 15) is 23.1 Å². The number of aromatic amines is 1. The molecule has 22 heavy (non-hydrogen) atoms. The third-order valence-electron chi connectivity index (χ3n) is 3.49. The first-order chi connectivity index (χ1) is 9.99. The lowest BCUT2D eigenvalue weighted by Crippen LogP contribution is -2.38. The number of nitrogens with one attached hydrogen (secondary N) is 1. The molecule has 2 N–H and O–H groups in total. The molecule has 3 atom stereocenters. The third kappa shape index (κ3) is 3.64. The lowest BCUT2D eigenvalue weighted by molar-refractivity contribution is -0.0696. The third-order valence-corrected chi connectivity index (χ3v) is 4.06. The Balaban J connectivity index is 2.24. The van der Waals surface area contributed by atoms with Gasteiger partial charge in [0.25, 0.3) is 15.7 Å². The van der Waals surface area contributed by atoms with Crippen molar-refractivity contribution in [2.75, 3.05) is 12.9 Å². The quantitative estimate of drug-likeness (QED) is 0.666. The molecule has 0 saturated carbocycles. The Morgan fingerprint density at radius 1 is 1.55 bits per heavy atom. The van der Waals surface area contributed by atoms with Gasteiger partial charge >= 0.3 is 5.69 Å². The first-order valence-corrected chi connectivity index (χ1v) is 8.35. The van der Waals surface area contributed by atoms with Gasteiger partial charge in [0.15, 0.2) is 0 Å². The summed E-state index contributed by atoms with van der Waals surface area (Å²) in [6.45, 7) is 2.64. The van der Waals surface area contributed by atoms with Crippen molar-refractivity contribution in [3.05, 3.63) is 32.6 Å². The van der Waals surface area contributed by atoms with Gasteiger partial charge in [-0.2, -0.15) is 8.42 Å². The summed E-state index contributed by atoms with van der Waals surface area (Å²) in [4.78, 5) is 25.3. The molecule has 0 unspecified atom stereocenters. The molecule has 1 saturated heterocycles. The van der Waals surface area contributed by atoms with Crippen molar-refractivity contribution in [1.82, 2.24) is 9.55 Å². The van der Waals surface area contributed by atoms with Gasteiger partial charge in [0.1, 0.15) is 12.3 Å². The van der Waals surface area contributed by atoms with Crippen molar-refractivity contribution < 1.29 is 22.4 Å². The number of aliphatic hydroxyl groups is 1. The molecule has 0 aliphatic carbocycles. The number of aromatic nitrogens is 2. The van der Waals surface area contributed by atoms with E-state index in [0.29, 0.717) is 5.56 Å². The van der Waals surface area contributed by atoms with Crippen LogP contribution in [0.15, 0.2) is 15.8 Å². The monoisotopic (exact) mass is 334 g/mol. The van der Waals surface area contributed by atoms with E-state index in [1.165, 1.54) is 20.0 Å². The van der Waals surface area contributed by atoms with Crippen LogP contribution in [-0.2, 0) is 19.0 Å². The number of ether oxygens (including phenoxy) is 1. The van der Waals surface area contributed by atoms with Gasteiger partial charge in [-0.05, 0) is 13.8 Å². The van der Waals surface area contributed by atoms with Crippen molar-refractivity contribution in [1.29, 1.82) is 0 Å². The number of hydrogen-bond acceptors (Lipinski definition) is 7. The fraction of sp³-hybridized carbons (Fsp3) is 0.667. The molecule has 1 fully saturated rings. The summed E-state index contributed by atoms with van der Waals surface area (Å²) >= 11 is 0. The van der Waals surface area contributed by atoms with Crippen LogP contribution in [0, 0.1) is 6.92 Å². The van der Waals surface area contributed by atoms with Gasteiger partial charge in [-0.3, -0.25) is 18.5 Å². The standard InChI is InChI=1S/C12H18N2O7S/c1-7-5-14(11(16)13-10(7)15)9-4-12(2,17)8(21-9)6-20-22(3,18)19/h5,8-9,17H,4,6H2,1-3H3,(H,13,15,16)/t8-,9+,12-/m1/s1. The zero-order valence-corrected chi connectivity index (χ0v) is 13.2. The lowest BCUT2D eigenvalue weighted by atomic mass is 9.98. The zero-order valence-electron chi connectivity index (χ0n) is 12.4. The SMILES string of the molecule is Cc1cn([C@@H]2C[C@@](C)(O)[C@@H](COS(C)(=O)=O)O2)c(=O)[nH]c1=O. The largest absolute Gasteiger partial charge is 0.387 e. The van der Waals surface area contributed by atoms with E-state index < -0.39 is 39.3 Å². The Labute approximate surface area is 126 Å². The second kappa shape index (κ2) is 5.61. The Morgan fingerprint density at radius 2 is 2.18 bits per heavy atom. The van der Waals surface area contributed by atoms with E-state index in [4.69, 9.17) is 4.74 Å². The van der Waals surface area contributed by atoms with E-state index in [0.717, 1.165) is 10.8 Å². The summed E-state index contributed by atoms with van der Waals surface area (Å²) in [5, 5.41) is 10.3. The zero-order chi connectivity index (χ0) is 16.7. The number of H-pyrrole nitrogens is 1. The van der Waals surface area contributed by atoms with Crippen LogP contribution in [0.4, 0.5) is 0 Å². The minimum absolute atomic E-state index is 0.0518. The minimum atomic E-state index is -3.67. The van der Waals surface area contributed by atoms with Gasteiger partial charge < -0.3 is 9.84 Å². The number of hydrogen-bond donors (Lipinski definition) is 2. The van der Waals surface area contributed by atoms with Crippen molar-refractivity contribution in [2.45, 2.75) is 38.2 Å². The maximum atomic E-state index is 11.8. The Hall–Kier alpha value is -1.49. The number of rotatable bonds is 4. The first-order valence-electron chi connectivity index (χ1n) is 6.54. The van der Waals surface area contributed by atoms with Gasteiger partial charge in [-0.25, -0.2) is 4.79 Å². The van der Waals surface area contributed by atoms with Crippen molar-refractivity contribution in [3.63, 3.8) is 0 Å². The molecular weight excluding hydrogens is 316 g/mol. The van der Waals surface area contributed by atoms with Crippen molar-refractivity contribution >= 4 is 10.1 Å². The Morgan fingerprint density at radius 3 is 2.77 bits per heavy atom. The predicted octanol–water partition coefficient (Wildman–Crippen LogP) is -1.14. The van der Waals surface area contributed by atoms with Crippen LogP contribution in [0.25, 0.3) is 0 Å². The van der Waals surface area contributed by atoms with Crippen LogP contribution in [-0.4, -0.2) is 47.6 Å². The second-order valence-corrected chi connectivity index (χ2v) is 7.25. The average Bonchev–Trinajstić information content (AvgIpc) is 2.65. The Bertz CT molecular complexity index is 777. The molecule has 2 rings (SSSR count). The van der Waals surface area contributed by atoms with Crippen LogP contribution in [0.2, 0.25) is 0 Å². The van der Waals surface area contributed by atoms with E-state index in [-0.39, 0.29) is 13.0 Å². The van der Waals surface area contributed by atoms with Crippen LogP contribution in [0.1, 0.15) is 25.1 Å². The fourth-order valence-electron chi connectivity index (χ4n) is 2.24. The maximum absolute atomic E-state index is 11.8. The summed E-state index contributed by atoms with van der Waals surface area (Å²) < 4.78 is 33.4. The van der Waals surface area contributed by atoms with Gasteiger partial charge in [-0.1, -0.05) is 0 Å². The summed E-state index contributed by atoms with van der Waals surface area (Å²) in [6.07, 6.45) is 0.527. The summed E-state index contributed by atoms with van der Waals surface area (Å²) in [5.41, 5.74) is -2.22. The van der Waals surface area contributed by atoms with Crippen molar-refractivity contribution in [3.8, 4) is 0 Å². The molecule has 2 heterocycles. The van der Waals surface area contributed by atoms with Gasteiger partial charge in [0, 0.05) is 18.2 Å². The molecule has 0 bridgehead atoms. The molecular formula is C12H18N2O7S. The maximum Gasteiger partial charge on any atom is 0.330 e. The molecule has 124 valence electrons. The van der Waals surface area contributed by atoms with Gasteiger partial charge in [0.05, 0.1) is 18.5 Å². The number of aryl methyl sites for hydroxylation is 1. The highest BCUT2D eigenvalue weighted by atomic mass is 32.2. The summed E-state index contributed by atoms with van der Waals surface area (Å²) in [6, 6.07) is 0. The van der Waals surface area contributed by atoms with Gasteiger partial charge in [-0.15, -0.1) is 0 Å². The second-order valence-electron chi connectivity index (χ2n) is 5.61. The summed E-state index contributed by atoms with van der Waals surface area (Å²) in [5.74, 6) is 0. The van der Waals surface area contributed by atoms with E-state index in [2.05, 4.69) is 9.17 Å². The fourth-order valence-corrected chi connectivity index (χ4v) is 2.61. The van der Waals surface area contributed by atoms with Crippen LogP contribution in [0.5, 0.6) is 0 Å². The molecule has 0 aromatic carbocycles. The van der Waals surface area contributed by atoms with Crippen LogP contribution in [0.3, 0.4) is 0 Å². The smallest absolute Gasteiger partial charge is 0.330 e. The molecule has 1 aromatic rings. The van der Waals surface area contributed by atoms with Gasteiger partial charge in [0.2, 0.25) is 0 Å². The van der Waals surface area contributed by atoms with E-state index in [1.807, 2.05) is 0 Å². The predicted molar refractivity (Wildman–Crippen MR) is 76.0 cm³/mol. The molecule has 1 aliphatic heterocycles. The summed E-state index contributed by atoms with van der Waals surface area (Å²) in [7, 11) is -3.67.